The van der Waals surface area contributed by atoms with Crippen LogP contribution in [0.2, 0.25) is 5.02 Å². The lowest BCUT2D eigenvalue weighted by Crippen LogP contribution is -2.49. The summed E-state index contributed by atoms with van der Waals surface area (Å²) in [6, 6.07) is 5.25. The number of pyridine rings is 1. The molecule has 2 aromatic heterocycles. The molecule has 1 fully saturated rings. The molecule has 0 unspecified atom stereocenters. The Bertz CT molecular complexity index is 970. The first kappa shape index (κ1) is 19.0. The van der Waals surface area contributed by atoms with E-state index in [0.29, 0.717) is 37.7 Å². The van der Waals surface area contributed by atoms with Gasteiger partial charge in [0.1, 0.15) is 11.5 Å². The van der Waals surface area contributed by atoms with E-state index in [4.69, 9.17) is 21.6 Å². The van der Waals surface area contributed by atoms with Gasteiger partial charge in [-0.15, -0.1) is 0 Å². The summed E-state index contributed by atoms with van der Waals surface area (Å²) in [6.45, 7) is 2.32. The maximum absolute atomic E-state index is 12.9. The van der Waals surface area contributed by atoms with Crippen molar-refractivity contribution in [3.8, 4) is 6.07 Å². The van der Waals surface area contributed by atoms with Crippen LogP contribution in [0.4, 0.5) is 10.6 Å². The number of carbonyl (C=O) groups is 2. The third-order valence-electron chi connectivity index (χ3n) is 4.71. The average molecular weight is 414 g/mol. The van der Waals surface area contributed by atoms with Crippen LogP contribution < -0.4 is 4.90 Å². The highest BCUT2D eigenvalue weighted by Gasteiger charge is 2.44. The van der Waals surface area contributed by atoms with Gasteiger partial charge in [0.15, 0.2) is 5.69 Å². The molecule has 1 saturated heterocycles. The van der Waals surface area contributed by atoms with Gasteiger partial charge in [-0.1, -0.05) is 11.6 Å². The number of piperazine rings is 1. The van der Waals surface area contributed by atoms with Crippen LogP contribution in [0.25, 0.3) is 0 Å². The van der Waals surface area contributed by atoms with Gasteiger partial charge in [0.05, 0.1) is 17.6 Å². The van der Waals surface area contributed by atoms with Gasteiger partial charge >= 0.3 is 6.09 Å². The lowest BCUT2D eigenvalue weighted by atomic mass is 10.3. The van der Waals surface area contributed by atoms with Crippen molar-refractivity contribution < 1.29 is 14.3 Å². The van der Waals surface area contributed by atoms with Crippen molar-refractivity contribution in [2.24, 2.45) is 0 Å². The van der Waals surface area contributed by atoms with Crippen molar-refractivity contribution >= 4 is 29.4 Å². The van der Waals surface area contributed by atoms with Crippen molar-refractivity contribution in [3.05, 3.63) is 47.1 Å². The van der Waals surface area contributed by atoms with Gasteiger partial charge in [0.25, 0.3) is 5.91 Å². The monoisotopic (exact) mass is 413 g/mol. The van der Waals surface area contributed by atoms with Crippen LogP contribution in [-0.2, 0) is 4.74 Å². The summed E-state index contributed by atoms with van der Waals surface area (Å²) in [6.07, 6.45) is 2.60. The van der Waals surface area contributed by atoms with Crippen LogP contribution in [0.3, 0.4) is 0 Å². The Morgan fingerprint density at radius 1 is 1.21 bits per heavy atom. The summed E-state index contributed by atoms with van der Waals surface area (Å²) in [5.74, 6) is -0.185. The number of nitriles is 1. The standard InChI is InChI=1S/C18H16ClN7O3/c19-12-1-2-13(23-11-12)26-16(27)14-15(22-5-4-21-14)17(26)29-18(28)25-9-7-24(6-3-20)8-10-25/h1-2,4-5,11,17H,6-10H2/t17-/m0/s1. The maximum Gasteiger partial charge on any atom is 0.412 e. The van der Waals surface area contributed by atoms with Crippen LogP contribution in [0, 0.1) is 11.3 Å². The van der Waals surface area contributed by atoms with Crippen LogP contribution in [-0.4, -0.2) is 69.5 Å². The molecule has 10 nitrogen and oxygen atoms in total. The number of ether oxygens (including phenoxy) is 1. The first-order chi connectivity index (χ1) is 14.1. The molecule has 1 atom stereocenters. The van der Waals surface area contributed by atoms with Gasteiger partial charge in [-0.25, -0.2) is 19.7 Å². The Balaban J connectivity index is 1.56. The molecule has 2 aliphatic heterocycles. The van der Waals surface area contributed by atoms with Gasteiger partial charge < -0.3 is 9.64 Å². The molecule has 0 radical (unpaired) electrons. The van der Waals surface area contributed by atoms with Crippen molar-refractivity contribution in [2.45, 2.75) is 6.23 Å². The minimum absolute atomic E-state index is 0.112. The van der Waals surface area contributed by atoms with E-state index in [-0.39, 0.29) is 17.2 Å². The molecule has 2 aliphatic rings. The summed E-state index contributed by atoms with van der Waals surface area (Å²) < 4.78 is 5.67. The summed E-state index contributed by atoms with van der Waals surface area (Å²) in [4.78, 5) is 42.8. The normalized spacial score (nSPS) is 19.0. The Morgan fingerprint density at radius 3 is 2.66 bits per heavy atom. The van der Waals surface area contributed by atoms with Crippen molar-refractivity contribution in [3.63, 3.8) is 0 Å². The Hall–Kier alpha value is -3.29. The molecule has 0 saturated carbocycles. The molecule has 0 aromatic carbocycles. The SMILES string of the molecule is N#CCN1CCN(C(=O)O[C@H]2c3nccnc3C(=O)N2c2ccc(Cl)cn2)CC1. The molecule has 0 N–H and O–H groups in total. The number of fused-ring (bicyclic) bond motifs is 1. The number of nitrogens with zero attached hydrogens (tertiary/aromatic N) is 7. The van der Waals surface area contributed by atoms with Crippen molar-refractivity contribution in [1.82, 2.24) is 24.8 Å². The van der Waals surface area contributed by atoms with E-state index in [9.17, 15) is 9.59 Å². The molecule has 0 bridgehead atoms. The van der Waals surface area contributed by atoms with Crippen molar-refractivity contribution in [2.75, 3.05) is 37.6 Å². The minimum atomic E-state index is -1.08. The molecular formula is C18H16ClN7O3. The highest BCUT2D eigenvalue weighted by Crippen LogP contribution is 2.35. The average Bonchev–Trinajstić information content (AvgIpc) is 3.01. The molecule has 29 heavy (non-hydrogen) atoms. The second kappa shape index (κ2) is 7.98. The fourth-order valence-electron chi connectivity index (χ4n) is 3.24. The number of carbonyl (C=O) groups excluding carboxylic acids is 2. The van der Waals surface area contributed by atoms with Gasteiger partial charge in [0, 0.05) is 44.8 Å². The molecule has 148 valence electrons. The number of aromatic nitrogens is 3. The van der Waals surface area contributed by atoms with E-state index in [2.05, 4.69) is 21.0 Å². The molecule has 4 rings (SSSR count). The van der Waals surface area contributed by atoms with E-state index in [1.165, 1.54) is 23.5 Å². The van der Waals surface area contributed by atoms with Crippen LogP contribution in [0.15, 0.2) is 30.7 Å². The molecule has 2 aromatic rings. The van der Waals surface area contributed by atoms with E-state index < -0.39 is 18.2 Å². The number of hydrogen-bond acceptors (Lipinski definition) is 8. The Labute approximate surface area is 171 Å². The number of amides is 2. The van der Waals surface area contributed by atoms with Gasteiger partial charge in [-0.05, 0) is 12.1 Å². The quantitative estimate of drug-likeness (QED) is 0.694. The summed E-state index contributed by atoms with van der Waals surface area (Å²) in [5, 5.41) is 9.21. The highest BCUT2D eigenvalue weighted by atomic mass is 35.5. The van der Waals surface area contributed by atoms with Crippen LogP contribution in [0.5, 0.6) is 0 Å². The third-order valence-corrected chi connectivity index (χ3v) is 4.94. The van der Waals surface area contributed by atoms with Crippen LogP contribution in [0.1, 0.15) is 22.4 Å². The van der Waals surface area contributed by atoms with E-state index in [0.717, 1.165) is 0 Å². The predicted molar refractivity (Wildman–Crippen MR) is 101 cm³/mol. The molecule has 2 amide bonds. The first-order valence-corrected chi connectivity index (χ1v) is 9.27. The summed E-state index contributed by atoms with van der Waals surface area (Å²) in [7, 11) is 0. The number of anilines is 1. The Kier molecular flexibility index (Phi) is 5.24. The molecule has 0 spiro atoms. The third kappa shape index (κ3) is 3.70. The molecule has 0 aliphatic carbocycles. The summed E-state index contributed by atoms with van der Waals surface area (Å²) >= 11 is 5.89. The smallest absolute Gasteiger partial charge is 0.412 e. The second-order valence-electron chi connectivity index (χ2n) is 6.46. The Morgan fingerprint density at radius 2 is 1.97 bits per heavy atom. The minimum Gasteiger partial charge on any atom is -0.419 e. The van der Waals surface area contributed by atoms with Crippen LogP contribution >= 0.6 is 11.6 Å². The lowest BCUT2D eigenvalue weighted by Gasteiger charge is -2.34. The van der Waals surface area contributed by atoms with Crippen molar-refractivity contribution in [1.29, 1.82) is 5.26 Å². The predicted octanol–water partition coefficient (Wildman–Crippen LogP) is 1.46. The fourth-order valence-corrected chi connectivity index (χ4v) is 3.35. The zero-order valence-electron chi connectivity index (χ0n) is 15.2. The zero-order chi connectivity index (χ0) is 20.4. The second-order valence-corrected chi connectivity index (χ2v) is 6.89. The van der Waals surface area contributed by atoms with Gasteiger partial charge in [-0.3, -0.25) is 14.7 Å². The van der Waals surface area contributed by atoms with Gasteiger partial charge in [0.2, 0.25) is 6.23 Å². The number of rotatable bonds is 3. The highest BCUT2D eigenvalue weighted by molar-refractivity contribution is 6.30. The topological polar surface area (TPSA) is 116 Å². The first-order valence-electron chi connectivity index (χ1n) is 8.89. The molecular weight excluding hydrogens is 398 g/mol. The molecule has 11 heteroatoms. The number of hydrogen-bond donors (Lipinski definition) is 0. The van der Waals surface area contributed by atoms with E-state index in [1.54, 1.807) is 17.0 Å². The summed E-state index contributed by atoms with van der Waals surface area (Å²) in [5.41, 5.74) is 0.367. The number of halogens is 1. The van der Waals surface area contributed by atoms with Gasteiger partial charge in [-0.2, -0.15) is 5.26 Å². The zero-order valence-corrected chi connectivity index (χ0v) is 16.0. The van der Waals surface area contributed by atoms with E-state index in [1.807, 2.05) is 4.90 Å². The molecule has 4 heterocycles. The lowest BCUT2D eigenvalue weighted by molar-refractivity contribution is 0.0462. The maximum atomic E-state index is 12.9. The van der Waals surface area contributed by atoms with E-state index >= 15 is 0 Å². The fraction of sp³-hybridized carbons (Fsp3) is 0.333. The largest absolute Gasteiger partial charge is 0.419 e.